The van der Waals surface area contributed by atoms with Gasteiger partial charge in [0.1, 0.15) is 0 Å². The molecule has 0 aliphatic rings. The highest BCUT2D eigenvalue weighted by Gasteiger charge is 2.22. The molecule has 6 heteroatoms. The van der Waals surface area contributed by atoms with Crippen LogP contribution >= 0.6 is 0 Å². The van der Waals surface area contributed by atoms with Crippen LogP contribution in [0.3, 0.4) is 0 Å². The van der Waals surface area contributed by atoms with Crippen LogP contribution < -0.4 is 0 Å². The summed E-state index contributed by atoms with van der Waals surface area (Å²) in [4.78, 5) is 15.3. The highest BCUT2D eigenvalue weighted by Crippen LogP contribution is 2.43. The van der Waals surface area contributed by atoms with E-state index in [-0.39, 0.29) is 0 Å². The summed E-state index contributed by atoms with van der Waals surface area (Å²) in [5.74, 6) is 1.89. The lowest BCUT2D eigenvalue weighted by Gasteiger charge is -2.13. The molecule has 9 aromatic carbocycles. The Labute approximate surface area is 372 Å². The van der Waals surface area contributed by atoms with E-state index in [9.17, 15) is 0 Å². The number of rotatable bonds is 5. The largest absolute Gasteiger partial charge is 0.309 e. The molecule has 14 rings (SSSR count). The standard InChI is InChI=1S/C59H36N6/c1-3-16-37(17-4-1)57-60-58(38-18-5-2-6-19-38)62-59(61-57)39-20-15-21-40(34-39)64-53-32-30-41(63-50-27-12-10-25-45(50)46-26-11-13-28-51(46)63)35-48(53)47-31-33-54-49(56(47)64)36-55-44-24-8-7-22-42(44)43-23-9-14-29-52(43)65(54)55/h1-36H. The lowest BCUT2D eigenvalue weighted by molar-refractivity contribution is 1.07. The summed E-state index contributed by atoms with van der Waals surface area (Å²) >= 11 is 0. The first-order valence-electron chi connectivity index (χ1n) is 22.0. The van der Waals surface area contributed by atoms with Gasteiger partial charge in [-0.05, 0) is 66.0 Å². The summed E-state index contributed by atoms with van der Waals surface area (Å²) in [6, 6.07) is 78.0. The number of nitrogens with zero attached hydrogens (tertiary/aromatic N) is 6. The summed E-state index contributed by atoms with van der Waals surface area (Å²) in [6.45, 7) is 0. The molecule has 0 spiro atoms. The van der Waals surface area contributed by atoms with Gasteiger partial charge < -0.3 is 13.5 Å². The van der Waals surface area contributed by atoms with E-state index in [1.54, 1.807) is 0 Å². The number of aromatic nitrogens is 6. The molecule has 0 unspecified atom stereocenters. The van der Waals surface area contributed by atoms with Crippen molar-refractivity contribution < 1.29 is 0 Å². The lowest BCUT2D eigenvalue weighted by Crippen LogP contribution is -2.01. The van der Waals surface area contributed by atoms with Crippen molar-refractivity contribution >= 4 is 81.7 Å². The van der Waals surface area contributed by atoms with Crippen molar-refractivity contribution in [3.05, 3.63) is 218 Å². The van der Waals surface area contributed by atoms with Crippen LogP contribution in [0.5, 0.6) is 0 Å². The van der Waals surface area contributed by atoms with Crippen molar-refractivity contribution in [2.75, 3.05) is 0 Å². The van der Waals surface area contributed by atoms with Crippen molar-refractivity contribution in [3.8, 4) is 45.5 Å². The topological polar surface area (TPSA) is 52.9 Å². The molecule has 65 heavy (non-hydrogen) atoms. The monoisotopic (exact) mass is 828 g/mol. The van der Waals surface area contributed by atoms with Crippen LogP contribution in [0.15, 0.2) is 218 Å². The fourth-order valence-corrected chi connectivity index (χ4v) is 10.4. The predicted molar refractivity (Wildman–Crippen MR) is 268 cm³/mol. The first-order chi connectivity index (χ1) is 32.2. The average molecular weight is 829 g/mol. The van der Waals surface area contributed by atoms with E-state index in [0.29, 0.717) is 17.5 Å². The second kappa shape index (κ2) is 13.8. The minimum absolute atomic E-state index is 0.617. The van der Waals surface area contributed by atoms with Crippen LogP contribution in [0.2, 0.25) is 0 Å². The zero-order valence-electron chi connectivity index (χ0n) is 35.0. The van der Waals surface area contributed by atoms with E-state index < -0.39 is 0 Å². The van der Waals surface area contributed by atoms with Gasteiger partial charge in [-0.1, -0.05) is 158 Å². The second-order valence-electron chi connectivity index (χ2n) is 16.8. The highest BCUT2D eigenvalue weighted by molar-refractivity contribution is 6.23. The second-order valence-corrected chi connectivity index (χ2v) is 16.8. The molecule has 6 nitrogen and oxygen atoms in total. The van der Waals surface area contributed by atoms with Crippen molar-refractivity contribution in [3.63, 3.8) is 0 Å². The Morgan fingerprint density at radius 2 is 0.708 bits per heavy atom. The van der Waals surface area contributed by atoms with Crippen molar-refractivity contribution in [2.24, 2.45) is 0 Å². The molecular weight excluding hydrogens is 793 g/mol. The first kappa shape index (κ1) is 35.7. The fourth-order valence-electron chi connectivity index (χ4n) is 10.4. The molecule has 0 bridgehead atoms. The lowest BCUT2D eigenvalue weighted by atomic mass is 10.1. The Hall–Kier alpha value is -8.87. The van der Waals surface area contributed by atoms with Gasteiger partial charge in [0.25, 0.3) is 0 Å². The Kier molecular flexibility index (Phi) is 7.59. The van der Waals surface area contributed by atoms with Gasteiger partial charge in [0.05, 0.1) is 38.6 Å². The van der Waals surface area contributed by atoms with Gasteiger partial charge in [-0.15, -0.1) is 0 Å². The molecule has 0 radical (unpaired) electrons. The summed E-state index contributed by atoms with van der Waals surface area (Å²) in [6.07, 6.45) is 0. The highest BCUT2D eigenvalue weighted by atomic mass is 15.0. The summed E-state index contributed by atoms with van der Waals surface area (Å²) in [5.41, 5.74) is 13.1. The molecule has 0 amide bonds. The summed E-state index contributed by atoms with van der Waals surface area (Å²) in [7, 11) is 0. The molecule has 14 aromatic rings. The number of fused-ring (bicyclic) bond motifs is 15. The van der Waals surface area contributed by atoms with E-state index in [1.165, 1.54) is 65.2 Å². The molecule has 0 saturated carbocycles. The summed E-state index contributed by atoms with van der Waals surface area (Å²) in [5, 5.41) is 9.74. The number of hydrogen-bond acceptors (Lipinski definition) is 3. The average Bonchev–Trinajstić information content (AvgIpc) is 4.05. The number of benzene rings is 9. The molecule has 0 saturated heterocycles. The maximum absolute atomic E-state index is 5.14. The van der Waals surface area contributed by atoms with Gasteiger partial charge in [-0.3, -0.25) is 0 Å². The minimum atomic E-state index is 0.617. The Balaban J connectivity index is 1.07. The maximum atomic E-state index is 5.14. The quantitative estimate of drug-likeness (QED) is 0.162. The molecule has 5 aromatic heterocycles. The van der Waals surface area contributed by atoms with Crippen molar-refractivity contribution in [2.45, 2.75) is 0 Å². The number of para-hydroxylation sites is 3. The van der Waals surface area contributed by atoms with Crippen LogP contribution in [0.4, 0.5) is 0 Å². The molecule has 0 N–H and O–H groups in total. The SMILES string of the molecule is c1ccc(-c2nc(-c3ccccc3)nc(-c3cccc(-n4c5ccc(-n6c7ccccc7c7ccccc76)cc5c5ccc6c(cc7c8ccccc8c8ccccc8n76)c54)c3)n2)cc1. The normalized spacial score (nSPS) is 12.0. The number of hydrogen-bond donors (Lipinski definition) is 0. The van der Waals surface area contributed by atoms with E-state index in [1.807, 2.05) is 36.4 Å². The van der Waals surface area contributed by atoms with E-state index in [0.717, 1.165) is 44.6 Å². The predicted octanol–water partition coefficient (Wildman–Crippen LogP) is 14.8. The van der Waals surface area contributed by atoms with Crippen molar-refractivity contribution in [1.82, 2.24) is 28.5 Å². The van der Waals surface area contributed by atoms with Crippen LogP contribution in [0, 0.1) is 0 Å². The van der Waals surface area contributed by atoms with Gasteiger partial charge in [0.15, 0.2) is 17.5 Å². The Bertz CT molecular complexity index is 4120. The van der Waals surface area contributed by atoms with Crippen molar-refractivity contribution in [1.29, 1.82) is 0 Å². The smallest absolute Gasteiger partial charge is 0.164 e. The van der Waals surface area contributed by atoms with Crippen LogP contribution in [0.1, 0.15) is 0 Å². The number of pyridine rings is 1. The van der Waals surface area contributed by atoms with Crippen LogP contribution in [0.25, 0.3) is 127 Å². The summed E-state index contributed by atoms with van der Waals surface area (Å²) < 4.78 is 7.32. The van der Waals surface area contributed by atoms with Gasteiger partial charge in [-0.25, -0.2) is 15.0 Å². The molecule has 302 valence electrons. The van der Waals surface area contributed by atoms with Crippen LogP contribution in [-0.4, -0.2) is 28.5 Å². The van der Waals surface area contributed by atoms with E-state index in [2.05, 4.69) is 196 Å². The molecule has 0 atom stereocenters. The zero-order valence-corrected chi connectivity index (χ0v) is 35.0. The van der Waals surface area contributed by atoms with E-state index in [4.69, 9.17) is 15.0 Å². The molecule has 0 aliphatic heterocycles. The van der Waals surface area contributed by atoms with Gasteiger partial charge in [0.2, 0.25) is 0 Å². The molecule has 0 fully saturated rings. The molecule has 5 heterocycles. The molecular formula is C59H36N6. The van der Waals surface area contributed by atoms with Gasteiger partial charge >= 0.3 is 0 Å². The minimum Gasteiger partial charge on any atom is -0.309 e. The maximum Gasteiger partial charge on any atom is 0.164 e. The van der Waals surface area contributed by atoms with E-state index >= 15 is 0 Å². The Morgan fingerprint density at radius 1 is 0.246 bits per heavy atom. The third-order valence-corrected chi connectivity index (χ3v) is 13.2. The van der Waals surface area contributed by atoms with Crippen LogP contribution in [-0.2, 0) is 0 Å². The fraction of sp³-hybridized carbons (Fsp3) is 0. The van der Waals surface area contributed by atoms with Gasteiger partial charge in [0, 0.05) is 65.8 Å². The third kappa shape index (κ3) is 5.31. The first-order valence-corrected chi connectivity index (χ1v) is 22.0. The molecule has 0 aliphatic carbocycles. The third-order valence-electron chi connectivity index (χ3n) is 13.2. The van der Waals surface area contributed by atoms with Gasteiger partial charge in [-0.2, -0.15) is 0 Å². The zero-order chi connectivity index (χ0) is 42.6. The Morgan fingerprint density at radius 3 is 1.35 bits per heavy atom.